The molecule has 6 heteroatoms. The Morgan fingerprint density at radius 3 is 2.26 bits per heavy atom. The first kappa shape index (κ1) is 18.8. The molecule has 0 atom stereocenters. The van der Waals surface area contributed by atoms with Crippen LogP contribution in [0, 0.1) is 12.7 Å². The number of halogens is 1. The summed E-state index contributed by atoms with van der Waals surface area (Å²) in [6, 6.07) is 10.3. The maximum absolute atomic E-state index is 13.5. The molecule has 0 aliphatic heterocycles. The van der Waals surface area contributed by atoms with Crippen LogP contribution in [0.15, 0.2) is 42.6 Å². The van der Waals surface area contributed by atoms with Gasteiger partial charge in [0, 0.05) is 30.0 Å². The van der Waals surface area contributed by atoms with E-state index in [0.717, 1.165) is 28.1 Å². The fraction of sp³-hybridized carbons (Fsp3) is 0.286. The van der Waals surface area contributed by atoms with E-state index in [0.29, 0.717) is 11.8 Å². The van der Waals surface area contributed by atoms with Crippen molar-refractivity contribution < 1.29 is 4.39 Å². The molecule has 0 aliphatic rings. The minimum absolute atomic E-state index is 0.195. The highest BCUT2D eigenvalue weighted by Gasteiger charge is 2.20. The smallest absolute Gasteiger partial charge is 0.225 e. The van der Waals surface area contributed by atoms with Crippen molar-refractivity contribution in [2.75, 3.05) is 17.7 Å². The maximum atomic E-state index is 13.5. The molecule has 0 spiro atoms. The van der Waals surface area contributed by atoms with Gasteiger partial charge in [-0.1, -0.05) is 0 Å². The van der Waals surface area contributed by atoms with Gasteiger partial charge in [-0.3, -0.25) is 4.98 Å². The number of rotatable bonds is 4. The molecule has 3 rings (SSSR count). The Kier molecular flexibility index (Phi) is 5.08. The zero-order valence-electron chi connectivity index (χ0n) is 16.3. The van der Waals surface area contributed by atoms with Crippen molar-refractivity contribution in [3.8, 4) is 22.4 Å². The van der Waals surface area contributed by atoms with Gasteiger partial charge in [-0.05, 0) is 69.7 Å². The molecular formula is C21H24FN5. The predicted octanol–water partition coefficient (Wildman–Crippen LogP) is 4.91. The number of anilines is 2. The number of benzene rings is 1. The van der Waals surface area contributed by atoms with Crippen LogP contribution >= 0.6 is 0 Å². The minimum Gasteiger partial charge on any atom is -0.372 e. The Labute approximate surface area is 159 Å². The average molecular weight is 365 g/mol. The zero-order valence-corrected chi connectivity index (χ0v) is 16.3. The van der Waals surface area contributed by atoms with Gasteiger partial charge in [-0.15, -0.1) is 0 Å². The van der Waals surface area contributed by atoms with E-state index in [-0.39, 0.29) is 11.4 Å². The zero-order chi connectivity index (χ0) is 19.6. The molecule has 27 heavy (non-hydrogen) atoms. The SMILES string of the molecule is CNc1nc(NC(C)(C)C)nc(-c2ccc(F)cc2)c1-c1ccnc(C)c1. The van der Waals surface area contributed by atoms with E-state index < -0.39 is 0 Å². The largest absolute Gasteiger partial charge is 0.372 e. The number of aryl methyl sites for hydroxylation is 1. The molecule has 140 valence electrons. The van der Waals surface area contributed by atoms with Crippen LogP contribution in [0.2, 0.25) is 0 Å². The van der Waals surface area contributed by atoms with Gasteiger partial charge in [-0.25, -0.2) is 9.37 Å². The van der Waals surface area contributed by atoms with Crippen LogP contribution in [-0.4, -0.2) is 27.5 Å². The van der Waals surface area contributed by atoms with E-state index in [9.17, 15) is 4.39 Å². The second-order valence-corrected chi connectivity index (χ2v) is 7.44. The highest BCUT2D eigenvalue weighted by molar-refractivity contribution is 5.89. The number of nitrogens with one attached hydrogen (secondary N) is 2. The number of aromatic nitrogens is 3. The molecule has 2 N–H and O–H groups in total. The number of hydrogen-bond donors (Lipinski definition) is 2. The highest BCUT2D eigenvalue weighted by Crippen LogP contribution is 2.37. The van der Waals surface area contributed by atoms with Gasteiger partial charge >= 0.3 is 0 Å². The number of nitrogens with zero attached hydrogens (tertiary/aromatic N) is 3. The molecule has 0 amide bonds. The fourth-order valence-electron chi connectivity index (χ4n) is 2.82. The Morgan fingerprint density at radius 2 is 1.67 bits per heavy atom. The maximum Gasteiger partial charge on any atom is 0.225 e. The molecule has 1 aromatic carbocycles. The van der Waals surface area contributed by atoms with Gasteiger partial charge in [0.05, 0.1) is 11.3 Å². The molecule has 0 radical (unpaired) electrons. The number of hydrogen-bond acceptors (Lipinski definition) is 5. The topological polar surface area (TPSA) is 62.7 Å². The van der Waals surface area contributed by atoms with Crippen LogP contribution in [0.1, 0.15) is 26.5 Å². The monoisotopic (exact) mass is 365 g/mol. The van der Waals surface area contributed by atoms with Gasteiger partial charge in [0.15, 0.2) is 0 Å². The van der Waals surface area contributed by atoms with Crippen LogP contribution < -0.4 is 10.6 Å². The molecule has 5 nitrogen and oxygen atoms in total. The van der Waals surface area contributed by atoms with Crippen molar-refractivity contribution in [2.45, 2.75) is 33.2 Å². The lowest BCUT2D eigenvalue weighted by Crippen LogP contribution is -2.27. The molecule has 0 aliphatic carbocycles. The van der Waals surface area contributed by atoms with Crippen molar-refractivity contribution in [2.24, 2.45) is 0 Å². The van der Waals surface area contributed by atoms with E-state index in [1.807, 2.05) is 46.9 Å². The first-order valence-electron chi connectivity index (χ1n) is 8.84. The first-order chi connectivity index (χ1) is 12.8. The first-order valence-corrected chi connectivity index (χ1v) is 8.84. The third-order valence-corrected chi connectivity index (χ3v) is 3.94. The molecule has 0 bridgehead atoms. The lowest BCUT2D eigenvalue weighted by Gasteiger charge is -2.23. The van der Waals surface area contributed by atoms with Crippen molar-refractivity contribution in [1.82, 2.24) is 15.0 Å². The van der Waals surface area contributed by atoms with Crippen molar-refractivity contribution in [3.63, 3.8) is 0 Å². The van der Waals surface area contributed by atoms with Crippen molar-refractivity contribution in [1.29, 1.82) is 0 Å². The van der Waals surface area contributed by atoms with Crippen molar-refractivity contribution in [3.05, 3.63) is 54.1 Å². The predicted molar refractivity (Wildman–Crippen MR) is 108 cm³/mol. The Bertz CT molecular complexity index is 946. The summed E-state index contributed by atoms with van der Waals surface area (Å²) >= 11 is 0. The molecular weight excluding hydrogens is 341 g/mol. The second-order valence-electron chi connectivity index (χ2n) is 7.44. The van der Waals surface area contributed by atoms with E-state index in [2.05, 4.69) is 20.6 Å². The molecule has 0 saturated carbocycles. The number of pyridine rings is 1. The van der Waals surface area contributed by atoms with Gasteiger partial charge in [0.25, 0.3) is 0 Å². The van der Waals surface area contributed by atoms with E-state index in [4.69, 9.17) is 4.98 Å². The summed E-state index contributed by atoms with van der Waals surface area (Å²) < 4.78 is 13.5. The van der Waals surface area contributed by atoms with E-state index in [1.54, 1.807) is 18.3 Å². The summed E-state index contributed by atoms with van der Waals surface area (Å²) in [5.74, 6) is 0.929. The Balaban J connectivity index is 2.27. The standard InChI is InChI=1S/C21H24FN5/c1-13-12-15(10-11-24-13)17-18(14-6-8-16(22)9-7-14)25-20(26-19(17)23-5)27-21(2,3)4/h6-12H,1-5H3,(H2,23,25,26,27). The highest BCUT2D eigenvalue weighted by atomic mass is 19.1. The summed E-state index contributed by atoms with van der Waals surface area (Å²) in [4.78, 5) is 13.7. The van der Waals surface area contributed by atoms with Crippen molar-refractivity contribution >= 4 is 11.8 Å². The molecule has 2 heterocycles. The average Bonchev–Trinajstić information content (AvgIpc) is 2.60. The molecule has 2 aromatic heterocycles. The molecule has 0 saturated heterocycles. The van der Waals surface area contributed by atoms with Gasteiger partial charge in [-0.2, -0.15) is 4.98 Å². The third kappa shape index (κ3) is 4.39. The van der Waals surface area contributed by atoms with Gasteiger partial charge in [0.1, 0.15) is 11.6 Å². The molecule has 0 fully saturated rings. The van der Waals surface area contributed by atoms with Crippen LogP contribution in [0.5, 0.6) is 0 Å². The summed E-state index contributed by atoms with van der Waals surface area (Å²) in [7, 11) is 1.83. The van der Waals surface area contributed by atoms with Crippen LogP contribution in [0.25, 0.3) is 22.4 Å². The van der Waals surface area contributed by atoms with Crippen LogP contribution in [0.3, 0.4) is 0 Å². The molecule has 0 unspecified atom stereocenters. The molecule has 3 aromatic rings. The van der Waals surface area contributed by atoms with Crippen LogP contribution in [-0.2, 0) is 0 Å². The Morgan fingerprint density at radius 1 is 0.963 bits per heavy atom. The van der Waals surface area contributed by atoms with Gasteiger partial charge in [0.2, 0.25) is 5.95 Å². The van der Waals surface area contributed by atoms with Gasteiger partial charge < -0.3 is 10.6 Å². The minimum atomic E-state index is -0.281. The summed E-state index contributed by atoms with van der Waals surface area (Å²) in [5.41, 5.74) is 4.06. The second kappa shape index (κ2) is 7.31. The third-order valence-electron chi connectivity index (χ3n) is 3.94. The normalized spacial score (nSPS) is 11.3. The summed E-state index contributed by atoms with van der Waals surface area (Å²) in [5, 5.41) is 6.49. The van der Waals surface area contributed by atoms with E-state index in [1.165, 1.54) is 12.1 Å². The van der Waals surface area contributed by atoms with E-state index >= 15 is 0 Å². The van der Waals surface area contributed by atoms with Crippen LogP contribution in [0.4, 0.5) is 16.2 Å². The lowest BCUT2D eigenvalue weighted by molar-refractivity contribution is 0.626. The summed E-state index contributed by atoms with van der Waals surface area (Å²) in [6.45, 7) is 8.09. The quantitative estimate of drug-likeness (QED) is 0.688. The Hall–Kier alpha value is -3.02. The fourth-order valence-corrected chi connectivity index (χ4v) is 2.82. The summed E-state index contributed by atoms with van der Waals surface area (Å²) in [6.07, 6.45) is 1.76. The lowest BCUT2D eigenvalue weighted by atomic mass is 9.99.